The SMILES string of the molecule is C1CCC1.O=C(O)CC(C(=O)O)S(=O)(=O)O.P. The van der Waals surface area contributed by atoms with Crippen LogP contribution in [-0.2, 0) is 19.7 Å². The molecule has 0 aromatic carbocycles. The zero-order valence-corrected chi connectivity index (χ0v) is 11.4. The summed E-state index contributed by atoms with van der Waals surface area (Å²) in [6.07, 6.45) is 4.84. The Labute approximate surface area is 103 Å². The number of aliphatic carboxylic acids is 2. The maximum atomic E-state index is 10.2. The molecule has 0 heterocycles. The first kappa shape index (κ1) is 18.6. The second-order valence-electron chi connectivity index (χ2n) is 3.35. The lowest BCUT2D eigenvalue weighted by atomic mass is 10.0. The lowest BCUT2D eigenvalue weighted by Crippen LogP contribution is -2.31. The second kappa shape index (κ2) is 8.38. The van der Waals surface area contributed by atoms with Gasteiger partial charge in [0, 0.05) is 0 Å². The molecular formula is C8H17O7PS. The summed E-state index contributed by atoms with van der Waals surface area (Å²) in [6.45, 7) is 0. The molecule has 1 fully saturated rings. The molecule has 0 spiro atoms. The van der Waals surface area contributed by atoms with Gasteiger partial charge in [-0.2, -0.15) is 18.3 Å². The third kappa shape index (κ3) is 9.02. The molecule has 0 aliphatic heterocycles. The zero-order valence-electron chi connectivity index (χ0n) is 9.20. The topological polar surface area (TPSA) is 129 Å². The van der Waals surface area contributed by atoms with E-state index in [1.807, 2.05) is 0 Å². The van der Waals surface area contributed by atoms with Crippen molar-refractivity contribution in [2.24, 2.45) is 0 Å². The van der Waals surface area contributed by atoms with Crippen LogP contribution < -0.4 is 0 Å². The molecule has 1 rings (SSSR count). The van der Waals surface area contributed by atoms with Crippen LogP contribution in [0, 0.1) is 0 Å². The van der Waals surface area contributed by atoms with Crippen molar-refractivity contribution in [1.29, 1.82) is 0 Å². The number of carbonyl (C=O) groups is 2. The molecule has 2 unspecified atom stereocenters. The summed E-state index contributed by atoms with van der Waals surface area (Å²) in [4.78, 5) is 20.0. The van der Waals surface area contributed by atoms with E-state index < -0.39 is 33.7 Å². The predicted octanol–water partition coefficient (Wildman–Crippen LogP) is 0.421. The molecule has 9 heteroatoms. The fourth-order valence-corrected chi connectivity index (χ4v) is 1.34. The highest BCUT2D eigenvalue weighted by Gasteiger charge is 2.33. The largest absolute Gasteiger partial charge is 0.481 e. The summed E-state index contributed by atoms with van der Waals surface area (Å²) in [5, 5.41) is 13.9. The van der Waals surface area contributed by atoms with E-state index in [0.29, 0.717) is 0 Å². The Bertz CT molecular complexity index is 343. The lowest BCUT2D eigenvalue weighted by Gasteiger charge is -2.05. The number of hydrogen-bond donors (Lipinski definition) is 3. The molecule has 0 aromatic rings. The number of rotatable bonds is 4. The maximum absolute atomic E-state index is 10.2. The van der Waals surface area contributed by atoms with Crippen molar-refractivity contribution in [3.05, 3.63) is 0 Å². The molecule has 0 radical (unpaired) electrons. The van der Waals surface area contributed by atoms with Gasteiger partial charge in [-0.05, 0) is 0 Å². The number of carboxylic acid groups (broad SMARTS) is 2. The van der Waals surface area contributed by atoms with Crippen LogP contribution in [0.4, 0.5) is 0 Å². The van der Waals surface area contributed by atoms with Crippen LogP contribution in [0.1, 0.15) is 32.1 Å². The standard InChI is InChI=1S/C4H6O7S.C4H8.H3P/c5-3(6)1-2(4(7)8)12(9,10)11;1-2-4-3-1;/h2H,1H2,(H,5,6)(H,7,8)(H,9,10,11);1-4H2;1H3. The van der Waals surface area contributed by atoms with Crippen LogP contribution in [0.15, 0.2) is 0 Å². The van der Waals surface area contributed by atoms with Gasteiger partial charge in [-0.3, -0.25) is 14.1 Å². The van der Waals surface area contributed by atoms with Crippen molar-refractivity contribution in [3.63, 3.8) is 0 Å². The Morgan fingerprint density at radius 2 is 1.41 bits per heavy atom. The van der Waals surface area contributed by atoms with Crippen molar-refractivity contribution in [2.45, 2.75) is 37.4 Å². The van der Waals surface area contributed by atoms with E-state index in [9.17, 15) is 18.0 Å². The Hall–Kier alpha value is -0.720. The van der Waals surface area contributed by atoms with Gasteiger partial charge in [-0.1, -0.05) is 25.7 Å². The van der Waals surface area contributed by atoms with Crippen molar-refractivity contribution in [2.75, 3.05) is 0 Å². The molecule has 7 nitrogen and oxygen atoms in total. The van der Waals surface area contributed by atoms with Crippen molar-refractivity contribution in [1.82, 2.24) is 0 Å². The first-order valence-electron chi connectivity index (χ1n) is 4.66. The van der Waals surface area contributed by atoms with Gasteiger partial charge in [0.05, 0.1) is 6.42 Å². The monoisotopic (exact) mass is 288 g/mol. The normalized spacial score (nSPS) is 15.4. The van der Waals surface area contributed by atoms with Crippen LogP contribution in [0.2, 0.25) is 0 Å². The molecule has 0 bridgehead atoms. The van der Waals surface area contributed by atoms with Gasteiger partial charge in [0.15, 0.2) is 5.25 Å². The number of hydrogen-bond acceptors (Lipinski definition) is 4. The molecule has 2 atom stereocenters. The first-order chi connectivity index (χ1) is 7.25. The van der Waals surface area contributed by atoms with Gasteiger partial charge in [0.2, 0.25) is 0 Å². The molecule has 102 valence electrons. The summed E-state index contributed by atoms with van der Waals surface area (Å²) in [5.41, 5.74) is 0. The van der Waals surface area contributed by atoms with Gasteiger partial charge < -0.3 is 10.2 Å². The highest BCUT2D eigenvalue weighted by molar-refractivity contribution is 7.87. The van der Waals surface area contributed by atoms with E-state index in [4.69, 9.17) is 14.8 Å². The third-order valence-electron chi connectivity index (χ3n) is 2.00. The summed E-state index contributed by atoms with van der Waals surface area (Å²) in [5.74, 6) is -3.50. The van der Waals surface area contributed by atoms with E-state index in [-0.39, 0.29) is 9.90 Å². The fourth-order valence-electron chi connectivity index (χ4n) is 0.729. The van der Waals surface area contributed by atoms with Gasteiger partial charge in [0.1, 0.15) is 0 Å². The average molecular weight is 288 g/mol. The van der Waals surface area contributed by atoms with E-state index in [0.717, 1.165) is 0 Å². The predicted molar refractivity (Wildman–Crippen MR) is 64.8 cm³/mol. The van der Waals surface area contributed by atoms with Gasteiger partial charge in [-0.15, -0.1) is 0 Å². The van der Waals surface area contributed by atoms with Crippen molar-refractivity contribution in [3.8, 4) is 0 Å². The Balaban J connectivity index is 0. The van der Waals surface area contributed by atoms with Crippen LogP contribution >= 0.6 is 9.90 Å². The van der Waals surface area contributed by atoms with E-state index >= 15 is 0 Å². The first-order valence-corrected chi connectivity index (χ1v) is 6.16. The molecule has 17 heavy (non-hydrogen) atoms. The van der Waals surface area contributed by atoms with E-state index in [1.165, 1.54) is 25.7 Å². The van der Waals surface area contributed by atoms with Crippen molar-refractivity contribution < 1.29 is 32.8 Å². The highest BCUT2D eigenvalue weighted by Crippen LogP contribution is 2.15. The second-order valence-corrected chi connectivity index (χ2v) is 4.95. The Morgan fingerprint density at radius 1 is 1.06 bits per heavy atom. The summed E-state index contributed by atoms with van der Waals surface area (Å²) in [7, 11) is -4.84. The minimum Gasteiger partial charge on any atom is -0.481 e. The molecule has 0 aromatic heterocycles. The smallest absolute Gasteiger partial charge is 0.325 e. The van der Waals surface area contributed by atoms with Crippen LogP contribution in [0.3, 0.4) is 0 Å². The van der Waals surface area contributed by atoms with Gasteiger partial charge in [-0.25, -0.2) is 0 Å². The van der Waals surface area contributed by atoms with Crippen LogP contribution in [0.25, 0.3) is 0 Å². The minimum atomic E-state index is -4.84. The molecule has 1 aliphatic carbocycles. The van der Waals surface area contributed by atoms with E-state index in [1.54, 1.807) is 0 Å². The summed E-state index contributed by atoms with van der Waals surface area (Å²) in [6, 6.07) is 0. The Morgan fingerprint density at radius 3 is 1.47 bits per heavy atom. The molecule has 0 amide bonds. The summed E-state index contributed by atoms with van der Waals surface area (Å²) >= 11 is 0. The third-order valence-corrected chi connectivity index (χ3v) is 3.08. The Kier molecular flexibility index (Phi) is 9.19. The highest BCUT2D eigenvalue weighted by atomic mass is 32.2. The zero-order chi connectivity index (χ0) is 12.8. The molecule has 1 saturated carbocycles. The molecule has 1 aliphatic rings. The summed E-state index contributed by atoms with van der Waals surface area (Å²) < 4.78 is 28.7. The van der Waals surface area contributed by atoms with Crippen LogP contribution in [0.5, 0.6) is 0 Å². The van der Waals surface area contributed by atoms with Gasteiger partial charge >= 0.3 is 11.9 Å². The molecular weight excluding hydrogens is 271 g/mol. The quantitative estimate of drug-likeness (QED) is 0.505. The van der Waals surface area contributed by atoms with Gasteiger partial charge in [0.25, 0.3) is 10.1 Å². The van der Waals surface area contributed by atoms with Crippen molar-refractivity contribution >= 4 is 32.0 Å². The maximum Gasteiger partial charge on any atom is 0.325 e. The van der Waals surface area contributed by atoms with E-state index in [2.05, 4.69) is 0 Å². The lowest BCUT2D eigenvalue weighted by molar-refractivity contribution is -0.143. The van der Waals surface area contributed by atoms with Crippen LogP contribution in [-0.4, -0.2) is 40.4 Å². The molecule has 3 N–H and O–H groups in total. The fraction of sp³-hybridized carbons (Fsp3) is 0.750. The minimum absolute atomic E-state index is 0. The average Bonchev–Trinajstić information content (AvgIpc) is 1.93. The molecule has 0 saturated heterocycles. The number of carboxylic acids is 2.